The molecule has 1 aliphatic heterocycles. The number of rotatable bonds is 5. The molecule has 24 heavy (non-hydrogen) atoms. The highest BCUT2D eigenvalue weighted by molar-refractivity contribution is 5.86. The monoisotopic (exact) mass is 324 g/mol. The van der Waals surface area contributed by atoms with Crippen molar-refractivity contribution in [2.75, 3.05) is 20.1 Å². The Morgan fingerprint density at radius 2 is 1.88 bits per heavy atom. The summed E-state index contributed by atoms with van der Waals surface area (Å²) in [6, 6.07) is 14.7. The molecule has 1 amide bonds. The van der Waals surface area contributed by atoms with Crippen LogP contribution < -0.4 is 5.32 Å². The van der Waals surface area contributed by atoms with E-state index in [9.17, 15) is 4.79 Å². The lowest BCUT2D eigenvalue weighted by molar-refractivity contribution is -0.131. The minimum Gasteiger partial charge on any atom is -0.341 e. The molecule has 0 saturated carbocycles. The summed E-state index contributed by atoms with van der Waals surface area (Å²) in [5, 5.41) is 5.88. The van der Waals surface area contributed by atoms with Gasteiger partial charge in [-0.05, 0) is 54.1 Å². The molecule has 1 unspecified atom stereocenters. The number of fused-ring (bicyclic) bond motifs is 1. The van der Waals surface area contributed by atoms with Crippen LogP contribution in [0.2, 0.25) is 0 Å². The minimum absolute atomic E-state index is 0.258. The second-order valence-electron chi connectivity index (χ2n) is 7.16. The zero-order valence-corrected chi connectivity index (χ0v) is 14.8. The standard InChI is InChI=1S/C21H28N2O/c1-16(17-10-12-22-13-11-17)14-21(24)23(2)15-19-8-5-7-18-6-3-4-9-20(18)19/h3-9,16-17,22H,10-15H2,1-2H3. The Labute approximate surface area is 145 Å². The summed E-state index contributed by atoms with van der Waals surface area (Å²) >= 11 is 0. The molecule has 3 heteroatoms. The van der Waals surface area contributed by atoms with E-state index in [1.165, 1.54) is 29.2 Å². The van der Waals surface area contributed by atoms with Gasteiger partial charge < -0.3 is 10.2 Å². The first-order chi connectivity index (χ1) is 11.6. The zero-order valence-electron chi connectivity index (χ0n) is 14.8. The number of carbonyl (C=O) groups excluding carboxylic acids is 1. The quantitative estimate of drug-likeness (QED) is 0.907. The van der Waals surface area contributed by atoms with Crippen LogP contribution in [0.15, 0.2) is 42.5 Å². The van der Waals surface area contributed by atoms with Crippen LogP contribution in [-0.4, -0.2) is 30.9 Å². The van der Waals surface area contributed by atoms with Crippen molar-refractivity contribution in [3.63, 3.8) is 0 Å². The number of hydrogen-bond donors (Lipinski definition) is 1. The van der Waals surface area contributed by atoms with Gasteiger partial charge in [0.15, 0.2) is 0 Å². The Hall–Kier alpha value is -1.87. The normalized spacial score (nSPS) is 16.9. The van der Waals surface area contributed by atoms with Crippen LogP contribution in [0.4, 0.5) is 0 Å². The summed E-state index contributed by atoms with van der Waals surface area (Å²) in [7, 11) is 1.93. The van der Waals surface area contributed by atoms with E-state index >= 15 is 0 Å². The van der Waals surface area contributed by atoms with Gasteiger partial charge in [-0.1, -0.05) is 49.4 Å². The molecule has 1 aliphatic rings. The lowest BCUT2D eigenvalue weighted by atomic mass is 9.84. The third-order valence-corrected chi connectivity index (χ3v) is 5.40. The fourth-order valence-electron chi connectivity index (χ4n) is 3.79. The Balaban J connectivity index is 1.63. The predicted octanol–water partition coefficient (Wildman–Crippen LogP) is 3.82. The van der Waals surface area contributed by atoms with E-state index in [1.54, 1.807) is 0 Å². The van der Waals surface area contributed by atoms with Crippen LogP contribution in [0.1, 0.15) is 31.7 Å². The lowest BCUT2D eigenvalue weighted by Crippen LogP contribution is -2.34. The van der Waals surface area contributed by atoms with E-state index in [2.05, 4.69) is 54.7 Å². The summed E-state index contributed by atoms with van der Waals surface area (Å²) in [4.78, 5) is 14.5. The van der Waals surface area contributed by atoms with Crippen LogP contribution in [0.3, 0.4) is 0 Å². The highest BCUT2D eigenvalue weighted by Gasteiger charge is 2.23. The number of carbonyl (C=O) groups is 1. The van der Waals surface area contributed by atoms with Gasteiger partial charge >= 0.3 is 0 Å². The summed E-state index contributed by atoms with van der Waals surface area (Å²) in [6.07, 6.45) is 3.05. The number of nitrogens with zero attached hydrogens (tertiary/aromatic N) is 1. The SMILES string of the molecule is CC(CC(=O)N(C)Cc1cccc2ccccc12)C1CCNCC1. The Bertz CT molecular complexity index is 686. The fraction of sp³-hybridized carbons (Fsp3) is 0.476. The molecule has 1 N–H and O–H groups in total. The van der Waals surface area contributed by atoms with Crippen molar-refractivity contribution in [1.82, 2.24) is 10.2 Å². The summed E-state index contributed by atoms with van der Waals surface area (Å²) < 4.78 is 0. The highest BCUT2D eigenvalue weighted by Crippen LogP contribution is 2.25. The molecule has 3 rings (SSSR count). The van der Waals surface area contributed by atoms with Gasteiger partial charge in [-0.15, -0.1) is 0 Å². The molecule has 0 radical (unpaired) electrons. The van der Waals surface area contributed by atoms with E-state index in [0.29, 0.717) is 24.8 Å². The molecule has 1 atom stereocenters. The van der Waals surface area contributed by atoms with Gasteiger partial charge in [0.1, 0.15) is 0 Å². The van der Waals surface area contributed by atoms with Crippen molar-refractivity contribution in [1.29, 1.82) is 0 Å². The van der Waals surface area contributed by atoms with Gasteiger partial charge in [0, 0.05) is 20.0 Å². The van der Waals surface area contributed by atoms with Crippen LogP contribution >= 0.6 is 0 Å². The van der Waals surface area contributed by atoms with Gasteiger partial charge in [0.05, 0.1) is 0 Å². The number of benzene rings is 2. The molecule has 2 aromatic rings. The van der Waals surface area contributed by atoms with Crippen LogP contribution in [0, 0.1) is 11.8 Å². The first kappa shape index (κ1) is 17.0. The molecule has 1 saturated heterocycles. The molecule has 128 valence electrons. The summed E-state index contributed by atoms with van der Waals surface area (Å²) in [5.41, 5.74) is 1.22. The molecule has 0 spiro atoms. The van der Waals surface area contributed by atoms with E-state index in [-0.39, 0.29) is 5.91 Å². The van der Waals surface area contributed by atoms with Gasteiger partial charge in [0.25, 0.3) is 0 Å². The van der Waals surface area contributed by atoms with Crippen LogP contribution in [-0.2, 0) is 11.3 Å². The molecular weight excluding hydrogens is 296 g/mol. The molecular formula is C21H28N2O. The smallest absolute Gasteiger partial charge is 0.222 e. The van der Waals surface area contributed by atoms with E-state index in [4.69, 9.17) is 0 Å². The zero-order chi connectivity index (χ0) is 16.9. The van der Waals surface area contributed by atoms with Crippen molar-refractivity contribution in [2.24, 2.45) is 11.8 Å². The Morgan fingerprint density at radius 1 is 1.17 bits per heavy atom. The maximum Gasteiger partial charge on any atom is 0.222 e. The van der Waals surface area contributed by atoms with Crippen LogP contribution in [0.25, 0.3) is 10.8 Å². The van der Waals surface area contributed by atoms with Crippen LogP contribution in [0.5, 0.6) is 0 Å². The van der Waals surface area contributed by atoms with Crippen molar-refractivity contribution in [2.45, 2.75) is 32.7 Å². The summed E-state index contributed by atoms with van der Waals surface area (Å²) in [5.74, 6) is 1.41. The Morgan fingerprint density at radius 3 is 2.67 bits per heavy atom. The number of piperidine rings is 1. The first-order valence-electron chi connectivity index (χ1n) is 9.06. The molecule has 1 heterocycles. The molecule has 0 bridgehead atoms. The second kappa shape index (κ2) is 7.80. The van der Waals surface area contributed by atoms with E-state index in [0.717, 1.165) is 13.1 Å². The van der Waals surface area contributed by atoms with Gasteiger partial charge in [-0.2, -0.15) is 0 Å². The molecule has 2 aromatic carbocycles. The average molecular weight is 324 g/mol. The van der Waals surface area contributed by atoms with Gasteiger partial charge in [-0.25, -0.2) is 0 Å². The third kappa shape index (κ3) is 3.96. The molecule has 0 aromatic heterocycles. The highest BCUT2D eigenvalue weighted by atomic mass is 16.2. The van der Waals surface area contributed by atoms with Gasteiger partial charge in [-0.3, -0.25) is 4.79 Å². The second-order valence-corrected chi connectivity index (χ2v) is 7.16. The van der Waals surface area contributed by atoms with Crippen molar-refractivity contribution >= 4 is 16.7 Å². The number of nitrogens with one attached hydrogen (secondary N) is 1. The third-order valence-electron chi connectivity index (χ3n) is 5.40. The van der Waals surface area contributed by atoms with E-state index < -0.39 is 0 Å². The lowest BCUT2D eigenvalue weighted by Gasteiger charge is -2.29. The first-order valence-corrected chi connectivity index (χ1v) is 9.06. The minimum atomic E-state index is 0.258. The van der Waals surface area contributed by atoms with Gasteiger partial charge in [0.2, 0.25) is 5.91 Å². The maximum absolute atomic E-state index is 12.6. The largest absolute Gasteiger partial charge is 0.341 e. The maximum atomic E-state index is 12.6. The fourth-order valence-corrected chi connectivity index (χ4v) is 3.79. The topological polar surface area (TPSA) is 32.3 Å². The molecule has 1 fully saturated rings. The van der Waals surface area contributed by atoms with Crippen molar-refractivity contribution < 1.29 is 4.79 Å². The molecule has 0 aliphatic carbocycles. The average Bonchev–Trinajstić information content (AvgIpc) is 2.62. The number of hydrogen-bond acceptors (Lipinski definition) is 2. The van der Waals surface area contributed by atoms with E-state index in [1.807, 2.05) is 11.9 Å². The Kier molecular flexibility index (Phi) is 5.52. The van der Waals surface area contributed by atoms with Crippen molar-refractivity contribution in [3.8, 4) is 0 Å². The summed E-state index contributed by atoms with van der Waals surface area (Å²) in [6.45, 7) is 5.10. The molecule has 3 nitrogen and oxygen atoms in total. The predicted molar refractivity (Wildman–Crippen MR) is 99.8 cm³/mol. The number of amides is 1. The van der Waals surface area contributed by atoms with Crippen molar-refractivity contribution in [3.05, 3.63) is 48.0 Å².